The Hall–Kier alpha value is -0.980. The molecular weight excluding hydrogens is 279 g/mol. The van der Waals surface area contributed by atoms with Gasteiger partial charge in [-0.05, 0) is 57.0 Å². The highest BCUT2D eigenvalue weighted by molar-refractivity contribution is 7.89. The zero-order chi connectivity index (χ0) is 14.6. The molecule has 6 heteroatoms. The van der Waals surface area contributed by atoms with E-state index in [1.807, 2.05) is 7.05 Å². The van der Waals surface area contributed by atoms with Crippen LogP contribution in [0, 0.1) is 11.7 Å². The number of hydrogen-bond acceptors (Lipinski definition) is 3. The number of rotatable bonds is 5. The van der Waals surface area contributed by atoms with Gasteiger partial charge in [0.15, 0.2) is 0 Å². The Morgan fingerprint density at radius 1 is 1.35 bits per heavy atom. The molecule has 2 rings (SSSR count). The van der Waals surface area contributed by atoms with Gasteiger partial charge in [-0.15, -0.1) is 0 Å². The van der Waals surface area contributed by atoms with Crippen molar-refractivity contribution in [2.24, 2.45) is 5.92 Å². The van der Waals surface area contributed by atoms with E-state index >= 15 is 0 Å². The number of benzene rings is 1. The molecule has 0 unspecified atom stereocenters. The van der Waals surface area contributed by atoms with Crippen molar-refractivity contribution in [3.8, 4) is 0 Å². The van der Waals surface area contributed by atoms with Gasteiger partial charge in [0.1, 0.15) is 5.82 Å². The predicted molar refractivity (Wildman–Crippen MR) is 76.4 cm³/mol. The summed E-state index contributed by atoms with van der Waals surface area (Å²) in [5.74, 6) is 0.0522. The van der Waals surface area contributed by atoms with Gasteiger partial charge < -0.3 is 5.32 Å². The Bertz CT molecular complexity index is 540. The van der Waals surface area contributed by atoms with Crippen LogP contribution in [-0.4, -0.2) is 39.4 Å². The van der Waals surface area contributed by atoms with Crippen molar-refractivity contribution in [3.05, 3.63) is 30.1 Å². The van der Waals surface area contributed by atoms with E-state index in [1.54, 1.807) is 0 Å². The number of hydrogen-bond donors (Lipinski definition) is 1. The standard InChI is InChI=1S/C14H21FN2O2S/c1-16-8-5-12-6-9-17(10-7-12)20(18,19)14-4-2-3-13(15)11-14/h2-4,11-12,16H,5-10H2,1H3. The Labute approximate surface area is 120 Å². The van der Waals surface area contributed by atoms with Gasteiger partial charge in [-0.25, -0.2) is 12.8 Å². The first-order chi connectivity index (χ1) is 9.54. The fraction of sp³-hybridized carbons (Fsp3) is 0.571. The van der Waals surface area contributed by atoms with Crippen LogP contribution in [0.1, 0.15) is 19.3 Å². The Morgan fingerprint density at radius 3 is 2.65 bits per heavy atom. The third-order valence-electron chi connectivity index (χ3n) is 3.81. The molecule has 4 nitrogen and oxygen atoms in total. The van der Waals surface area contributed by atoms with E-state index in [1.165, 1.54) is 22.5 Å². The Morgan fingerprint density at radius 2 is 2.05 bits per heavy atom. The van der Waals surface area contributed by atoms with Gasteiger partial charge >= 0.3 is 0 Å². The lowest BCUT2D eigenvalue weighted by atomic mass is 9.95. The van der Waals surface area contributed by atoms with Crippen LogP contribution < -0.4 is 5.32 Å². The molecule has 1 heterocycles. The maximum Gasteiger partial charge on any atom is 0.243 e. The molecule has 1 aromatic carbocycles. The van der Waals surface area contributed by atoms with E-state index in [0.717, 1.165) is 31.9 Å². The van der Waals surface area contributed by atoms with Crippen LogP contribution in [0.3, 0.4) is 0 Å². The lowest BCUT2D eigenvalue weighted by Crippen LogP contribution is -2.38. The third-order valence-corrected chi connectivity index (χ3v) is 5.70. The van der Waals surface area contributed by atoms with E-state index in [0.29, 0.717) is 19.0 Å². The number of nitrogens with one attached hydrogen (secondary N) is 1. The van der Waals surface area contributed by atoms with E-state index in [4.69, 9.17) is 0 Å². The van der Waals surface area contributed by atoms with E-state index in [9.17, 15) is 12.8 Å². The zero-order valence-electron chi connectivity index (χ0n) is 11.7. The molecule has 20 heavy (non-hydrogen) atoms. The quantitative estimate of drug-likeness (QED) is 0.902. The summed E-state index contributed by atoms with van der Waals surface area (Å²) in [7, 11) is -1.63. The highest BCUT2D eigenvalue weighted by atomic mass is 32.2. The molecular formula is C14H21FN2O2S. The SMILES string of the molecule is CNCCC1CCN(S(=O)(=O)c2cccc(F)c2)CC1. The topological polar surface area (TPSA) is 49.4 Å². The first-order valence-corrected chi connectivity index (χ1v) is 8.38. The van der Waals surface area contributed by atoms with Gasteiger partial charge in [0.2, 0.25) is 10.0 Å². The fourth-order valence-corrected chi connectivity index (χ4v) is 4.07. The van der Waals surface area contributed by atoms with E-state index < -0.39 is 15.8 Å². The van der Waals surface area contributed by atoms with Gasteiger partial charge in [-0.2, -0.15) is 4.31 Å². The Kier molecular flexibility index (Phi) is 5.12. The second-order valence-corrected chi connectivity index (χ2v) is 7.13. The van der Waals surface area contributed by atoms with Gasteiger partial charge in [0, 0.05) is 13.1 Å². The van der Waals surface area contributed by atoms with Crippen molar-refractivity contribution in [1.29, 1.82) is 0 Å². The van der Waals surface area contributed by atoms with Crippen molar-refractivity contribution >= 4 is 10.0 Å². The molecule has 1 fully saturated rings. The summed E-state index contributed by atoms with van der Waals surface area (Å²) in [5, 5.41) is 3.12. The van der Waals surface area contributed by atoms with Crippen LogP contribution in [0.2, 0.25) is 0 Å². The molecule has 0 bridgehead atoms. The van der Waals surface area contributed by atoms with Gasteiger partial charge in [-0.1, -0.05) is 6.07 Å². The van der Waals surface area contributed by atoms with Crippen LogP contribution in [0.4, 0.5) is 4.39 Å². The average Bonchev–Trinajstić information content (AvgIpc) is 2.45. The lowest BCUT2D eigenvalue weighted by molar-refractivity contribution is 0.263. The molecule has 1 aliphatic rings. The summed E-state index contributed by atoms with van der Waals surface area (Å²) < 4.78 is 39.5. The number of piperidine rings is 1. The van der Waals surface area contributed by atoms with Crippen LogP contribution in [0.15, 0.2) is 29.2 Å². The maximum absolute atomic E-state index is 13.2. The average molecular weight is 300 g/mol. The maximum atomic E-state index is 13.2. The summed E-state index contributed by atoms with van der Waals surface area (Å²) in [4.78, 5) is 0.0474. The zero-order valence-corrected chi connectivity index (χ0v) is 12.5. The molecule has 1 aliphatic heterocycles. The summed E-state index contributed by atoms with van der Waals surface area (Å²) in [5.41, 5.74) is 0. The number of nitrogens with zero attached hydrogens (tertiary/aromatic N) is 1. The van der Waals surface area contributed by atoms with E-state index in [-0.39, 0.29) is 4.90 Å². The highest BCUT2D eigenvalue weighted by Gasteiger charge is 2.29. The normalized spacial score (nSPS) is 18.3. The van der Waals surface area contributed by atoms with Crippen molar-refractivity contribution in [2.75, 3.05) is 26.7 Å². The molecule has 1 saturated heterocycles. The first kappa shape index (κ1) is 15.4. The fourth-order valence-electron chi connectivity index (χ4n) is 2.56. The molecule has 0 radical (unpaired) electrons. The molecule has 1 aromatic rings. The van der Waals surface area contributed by atoms with Crippen molar-refractivity contribution in [3.63, 3.8) is 0 Å². The van der Waals surface area contributed by atoms with Gasteiger partial charge in [0.05, 0.1) is 4.90 Å². The molecule has 0 saturated carbocycles. The largest absolute Gasteiger partial charge is 0.320 e. The van der Waals surface area contributed by atoms with Crippen molar-refractivity contribution in [1.82, 2.24) is 9.62 Å². The molecule has 0 atom stereocenters. The summed E-state index contributed by atoms with van der Waals surface area (Å²) in [6.07, 6.45) is 2.82. The second-order valence-electron chi connectivity index (χ2n) is 5.20. The van der Waals surface area contributed by atoms with Crippen LogP contribution >= 0.6 is 0 Å². The minimum atomic E-state index is -3.55. The van der Waals surface area contributed by atoms with Gasteiger partial charge in [-0.3, -0.25) is 0 Å². The minimum absolute atomic E-state index is 0.0474. The third kappa shape index (κ3) is 3.56. The highest BCUT2D eigenvalue weighted by Crippen LogP contribution is 2.25. The van der Waals surface area contributed by atoms with Crippen LogP contribution in [0.25, 0.3) is 0 Å². The number of halogens is 1. The predicted octanol–water partition coefficient (Wildman–Crippen LogP) is 1.84. The smallest absolute Gasteiger partial charge is 0.243 e. The number of sulfonamides is 1. The molecule has 0 aliphatic carbocycles. The Balaban J connectivity index is 2.02. The monoisotopic (exact) mass is 300 g/mol. The van der Waals surface area contributed by atoms with E-state index in [2.05, 4.69) is 5.32 Å². The minimum Gasteiger partial charge on any atom is -0.320 e. The van der Waals surface area contributed by atoms with Gasteiger partial charge in [0.25, 0.3) is 0 Å². The van der Waals surface area contributed by atoms with Crippen molar-refractivity contribution in [2.45, 2.75) is 24.2 Å². The molecule has 0 amide bonds. The second kappa shape index (κ2) is 6.65. The summed E-state index contributed by atoms with van der Waals surface area (Å²) >= 11 is 0. The van der Waals surface area contributed by atoms with Crippen molar-refractivity contribution < 1.29 is 12.8 Å². The summed E-state index contributed by atoms with van der Waals surface area (Å²) in [6.45, 7) is 2.00. The molecule has 112 valence electrons. The first-order valence-electron chi connectivity index (χ1n) is 6.94. The molecule has 0 aromatic heterocycles. The summed E-state index contributed by atoms with van der Waals surface area (Å²) in [6, 6.07) is 5.22. The lowest BCUT2D eigenvalue weighted by Gasteiger charge is -2.31. The van der Waals surface area contributed by atoms with Crippen LogP contribution in [-0.2, 0) is 10.0 Å². The molecule has 1 N–H and O–H groups in total. The molecule has 0 spiro atoms. The van der Waals surface area contributed by atoms with Crippen LogP contribution in [0.5, 0.6) is 0 Å².